The van der Waals surface area contributed by atoms with Crippen LogP contribution < -0.4 is 5.73 Å². The number of nitrogens with two attached hydrogens (primary N) is 1. The number of carbonyl (C=O) groups is 2. The maximum atomic E-state index is 12.8. The zero-order chi connectivity index (χ0) is 72.9. The predicted octanol–water partition coefficient (Wildman–Crippen LogP) is 28.2. The van der Waals surface area contributed by atoms with Crippen LogP contribution in [0.25, 0.3) is 0 Å². The minimum absolute atomic E-state index is 0.0485. The molecule has 9 nitrogen and oxygen atoms in total. The summed E-state index contributed by atoms with van der Waals surface area (Å²) in [4.78, 5) is 35.5. The van der Waals surface area contributed by atoms with E-state index in [9.17, 15) is 19.0 Å². The van der Waals surface area contributed by atoms with E-state index in [1.54, 1.807) is 0 Å². The van der Waals surface area contributed by atoms with Gasteiger partial charge in [0, 0.05) is 19.4 Å². The molecule has 0 aromatic rings. The molecule has 2 atom stereocenters. The van der Waals surface area contributed by atoms with Gasteiger partial charge in [-0.15, -0.1) is 0 Å². The molecule has 0 aromatic heterocycles. The van der Waals surface area contributed by atoms with Crippen molar-refractivity contribution in [2.45, 2.75) is 354 Å². The fourth-order valence-corrected chi connectivity index (χ4v) is 12.0. The highest BCUT2D eigenvalue weighted by Gasteiger charge is 2.26. The SMILES string of the molecule is CC/C=C\C/C=C\C/C=C\C/C=C\C/C=C\C/C=C\C/C=C\C/C=C\CCCCCCCCCCCCCCCCCCC(=O)OC(COC(=O)CCCCCCCCCCCCCCCCCCC/C=C\C/C=C\C/C=C\C/C=C\C/C=C\C/C=C\C/C=C\CC)COP(=O)(O)OCCN. The predicted molar refractivity (Wildman–Crippen MR) is 440 cm³/mol. The Kier molecular flexibility index (Phi) is 80.0. The number of ether oxygens (including phenoxy) is 2. The lowest BCUT2D eigenvalue weighted by Crippen LogP contribution is -2.29. The Morgan fingerprint density at radius 1 is 0.297 bits per heavy atom. The molecule has 574 valence electrons. The molecular weight excluding hydrogens is 1270 g/mol. The Bertz CT molecular complexity index is 2330. The molecule has 10 heteroatoms. The average Bonchev–Trinajstić information content (AvgIpc) is 1.04. The van der Waals surface area contributed by atoms with Gasteiger partial charge in [-0.3, -0.25) is 18.6 Å². The highest BCUT2D eigenvalue weighted by molar-refractivity contribution is 7.47. The first kappa shape index (κ1) is 96.1. The lowest BCUT2D eigenvalue weighted by molar-refractivity contribution is -0.161. The second-order valence-electron chi connectivity index (χ2n) is 26.9. The van der Waals surface area contributed by atoms with Gasteiger partial charge < -0.3 is 20.1 Å². The second kappa shape index (κ2) is 84.1. The number of rotatable bonds is 76. The van der Waals surface area contributed by atoms with E-state index < -0.39 is 26.5 Å². The molecule has 0 aliphatic rings. The van der Waals surface area contributed by atoms with Crippen LogP contribution in [-0.2, 0) is 32.7 Å². The number of phosphoric acid groups is 1. The van der Waals surface area contributed by atoms with E-state index in [1.807, 2.05) is 0 Å². The van der Waals surface area contributed by atoms with Crippen LogP contribution in [0, 0.1) is 0 Å². The van der Waals surface area contributed by atoms with Crippen LogP contribution in [0.4, 0.5) is 0 Å². The van der Waals surface area contributed by atoms with Crippen molar-refractivity contribution in [3.63, 3.8) is 0 Å². The molecule has 2 unspecified atom stereocenters. The lowest BCUT2D eigenvalue weighted by atomic mass is 10.0. The smallest absolute Gasteiger partial charge is 0.462 e. The van der Waals surface area contributed by atoms with Gasteiger partial charge in [0.05, 0.1) is 13.2 Å². The monoisotopic (exact) mass is 1420 g/mol. The Morgan fingerprint density at radius 3 is 0.762 bits per heavy atom. The van der Waals surface area contributed by atoms with E-state index in [0.717, 1.165) is 135 Å². The third-order valence-corrected chi connectivity index (χ3v) is 18.3. The second-order valence-corrected chi connectivity index (χ2v) is 28.3. The largest absolute Gasteiger partial charge is 0.472 e. The molecule has 0 spiro atoms. The maximum Gasteiger partial charge on any atom is 0.472 e. The van der Waals surface area contributed by atoms with Crippen molar-refractivity contribution in [3.8, 4) is 0 Å². The van der Waals surface area contributed by atoms with Gasteiger partial charge in [0.15, 0.2) is 6.10 Å². The molecule has 0 rings (SSSR count). The molecular formula is C91H152NO8P. The van der Waals surface area contributed by atoms with Crippen molar-refractivity contribution < 1.29 is 37.6 Å². The molecule has 101 heavy (non-hydrogen) atoms. The molecule has 0 amide bonds. The van der Waals surface area contributed by atoms with Crippen LogP contribution in [0.1, 0.15) is 348 Å². The van der Waals surface area contributed by atoms with E-state index in [4.69, 9.17) is 24.3 Å². The van der Waals surface area contributed by atoms with E-state index >= 15 is 0 Å². The first-order valence-corrected chi connectivity index (χ1v) is 42.8. The Balaban J connectivity index is 3.84. The van der Waals surface area contributed by atoms with Crippen LogP contribution in [0.3, 0.4) is 0 Å². The topological polar surface area (TPSA) is 134 Å². The van der Waals surface area contributed by atoms with Crippen LogP contribution in [0.5, 0.6) is 0 Å². The van der Waals surface area contributed by atoms with E-state index in [0.29, 0.717) is 6.42 Å². The molecule has 0 fully saturated rings. The third-order valence-electron chi connectivity index (χ3n) is 17.3. The summed E-state index contributed by atoms with van der Waals surface area (Å²) in [6.45, 7) is 3.54. The summed E-state index contributed by atoms with van der Waals surface area (Å²) in [5, 5.41) is 0. The first-order chi connectivity index (χ1) is 49.8. The molecule has 0 saturated carbocycles. The fourth-order valence-electron chi connectivity index (χ4n) is 11.3. The summed E-state index contributed by atoms with van der Waals surface area (Å²) in [5.41, 5.74) is 5.42. The van der Waals surface area contributed by atoms with Crippen molar-refractivity contribution in [1.82, 2.24) is 0 Å². The van der Waals surface area contributed by atoms with E-state index in [-0.39, 0.29) is 38.6 Å². The zero-order valence-corrected chi connectivity index (χ0v) is 65.7. The van der Waals surface area contributed by atoms with Crippen molar-refractivity contribution in [2.24, 2.45) is 5.73 Å². The van der Waals surface area contributed by atoms with Crippen LogP contribution >= 0.6 is 7.82 Å². The molecule has 0 saturated heterocycles. The van der Waals surface area contributed by atoms with Crippen LogP contribution in [0.2, 0.25) is 0 Å². The number of hydrogen-bond donors (Lipinski definition) is 2. The quantitative estimate of drug-likeness (QED) is 0.0264. The van der Waals surface area contributed by atoms with Crippen LogP contribution in [0.15, 0.2) is 182 Å². The number of esters is 2. The third kappa shape index (κ3) is 83.9. The fraction of sp³-hybridized carbons (Fsp3) is 0.648. The average molecular weight is 1420 g/mol. The van der Waals surface area contributed by atoms with Gasteiger partial charge in [-0.1, -0.05) is 382 Å². The minimum atomic E-state index is -4.41. The van der Waals surface area contributed by atoms with E-state index in [2.05, 4.69) is 196 Å². The van der Waals surface area contributed by atoms with Gasteiger partial charge in [-0.05, 0) is 135 Å². The number of unbranched alkanes of at least 4 members (excludes halogenated alkanes) is 33. The van der Waals surface area contributed by atoms with Gasteiger partial charge in [0.25, 0.3) is 0 Å². The van der Waals surface area contributed by atoms with Gasteiger partial charge in [-0.25, -0.2) is 4.57 Å². The van der Waals surface area contributed by atoms with E-state index in [1.165, 1.54) is 180 Å². The van der Waals surface area contributed by atoms with Gasteiger partial charge >= 0.3 is 19.8 Å². The molecule has 0 heterocycles. The van der Waals surface area contributed by atoms with Gasteiger partial charge in [0.1, 0.15) is 6.61 Å². The zero-order valence-electron chi connectivity index (χ0n) is 64.8. The summed E-state index contributed by atoms with van der Waals surface area (Å²) >= 11 is 0. The molecule has 0 bridgehead atoms. The highest BCUT2D eigenvalue weighted by Crippen LogP contribution is 2.43. The molecule has 0 aromatic carbocycles. The normalized spacial score (nSPS) is 13.8. The lowest BCUT2D eigenvalue weighted by Gasteiger charge is -2.19. The Morgan fingerprint density at radius 2 is 0.515 bits per heavy atom. The number of allylic oxidation sites excluding steroid dienone is 30. The minimum Gasteiger partial charge on any atom is -0.462 e. The Hall–Kier alpha value is -4.89. The van der Waals surface area contributed by atoms with Crippen molar-refractivity contribution in [1.29, 1.82) is 0 Å². The highest BCUT2D eigenvalue weighted by atomic mass is 31.2. The van der Waals surface area contributed by atoms with Gasteiger partial charge in [0.2, 0.25) is 0 Å². The van der Waals surface area contributed by atoms with Crippen LogP contribution in [-0.4, -0.2) is 49.3 Å². The summed E-state index contributed by atoms with van der Waals surface area (Å²) in [6, 6.07) is 0. The number of phosphoric ester groups is 1. The maximum absolute atomic E-state index is 12.8. The van der Waals surface area contributed by atoms with Crippen molar-refractivity contribution in [3.05, 3.63) is 182 Å². The summed E-state index contributed by atoms with van der Waals surface area (Å²) in [5.74, 6) is -0.823. The van der Waals surface area contributed by atoms with Crippen molar-refractivity contribution in [2.75, 3.05) is 26.4 Å². The molecule has 3 N–H and O–H groups in total. The molecule has 0 radical (unpaired) electrons. The summed E-state index contributed by atoms with van der Waals surface area (Å²) < 4.78 is 33.3. The molecule has 0 aliphatic carbocycles. The number of hydrogen-bond acceptors (Lipinski definition) is 8. The van der Waals surface area contributed by atoms with Crippen molar-refractivity contribution >= 4 is 19.8 Å². The first-order valence-electron chi connectivity index (χ1n) is 41.3. The molecule has 0 aliphatic heterocycles. The summed E-state index contributed by atoms with van der Waals surface area (Å²) in [7, 11) is -4.41. The number of carbonyl (C=O) groups excluding carboxylic acids is 2. The van der Waals surface area contributed by atoms with Gasteiger partial charge in [-0.2, -0.15) is 0 Å². The standard InChI is InChI=1S/C91H152NO8P/c1-3-5-7-9-11-13-15-17-19-21-23-25-27-29-31-33-35-37-39-41-43-44-46-48-50-52-54-56-58-60-62-64-66-68-70-72-74-76-78-80-82-84-91(94)100-89(88-99-101(95,96)98-86-85-92)87-97-90(93)83-81-79-77-75-73-71-69-67-65-63-61-59-57-55-53-51-49-47-45-42-40-38-36-34-32-30-28-26-24-22-20-18-16-14-12-10-8-6-4-2/h5-8,11-14,17-20,23-26,29-32,35-38,41-43,45-46,48,89H,3-4,9-10,15-16,21-22,27-28,33-34,39-40,44,47,49-88,92H2,1-2H3,(H,95,96)/b7-5-,8-6-,13-11-,14-12-,19-17-,20-18-,25-23-,26-24-,31-29-,32-30-,37-35-,38-36-,43-41-,45-42-,48-46-. The summed E-state index contributed by atoms with van der Waals surface area (Å²) in [6.07, 6.45) is 126. The Labute approximate surface area is 622 Å².